The predicted octanol–water partition coefficient (Wildman–Crippen LogP) is 4.68. The van der Waals surface area contributed by atoms with E-state index < -0.39 is 0 Å². The van der Waals surface area contributed by atoms with E-state index in [-0.39, 0.29) is 5.91 Å². The first kappa shape index (κ1) is 16.2. The number of hydrogen-bond acceptors (Lipinski definition) is 3. The summed E-state index contributed by atoms with van der Waals surface area (Å²) in [7, 11) is 0. The number of benzene rings is 2. The molecule has 0 fully saturated rings. The largest absolute Gasteiger partial charge is 0.489 e. The topological polar surface area (TPSA) is 51.2 Å². The van der Waals surface area contributed by atoms with Gasteiger partial charge in [-0.25, -0.2) is 4.98 Å². The number of amides is 1. The normalized spacial score (nSPS) is 10.2. The SMILES string of the molecule is O=C(Nc1ccc(Br)cn1)c1ccc(OCc2ccccc2)cc1. The highest BCUT2D eigenvalue weighted by Gasteiger charge is 2.07. The average Bonchev–Trinajstić information content (AvgIpc) is 2.63. The van der Waals surface area contributed by atoms with Gasteiger partial charge in [-0.3, -0.25) is 4.79 Å². The van der Waals surface area contributed by atoms with Crippen molar-refractivity contribution in [3.8, 4) is 5.75 Å². The van der Waals surface area contributed by atoms with E-state index >= 15 is 0 Å². The standard InChI is InChI=1S/C19H15BrN2O2/c20-16-8-11-18(21-12-16)22-19(23)15-6-9-17(10-7-15)24-13-14-4-2-1-3-5-14/h1-12H,13H2,(H,21,22,23). The van der Waals surface area contributed by atoms with E-state index in [1.807, 2.05) is 36.4 Å². The van der Waals surface area contributed by atoms with E-state index in [0.717, 1.165) is 15.8 Å². The van der Waals surface area contributed by atoms with Crippen LogP contribution >= 0.6 is 15.9 Å². The lowest BCUT2D eigenvalue weighted by Crippen LogP contribution is -2.12. The van der Waals surface area contributed by atoms with Crippen molar-refractivity contribution in [2.45, 2.75) is 6.61 Å². The first-order valence-corrected chi connectivity index (χ1v) is 8.20. The molecule has 0 saturated carbocycles. The van der Waals surface area contributed by atoms with Crippen LogP contribution in [-0.4, -0.2) is 10.9 Å². The van der Waals surface area contributed by atoms with E-state index in [2.05, 4.69) is 26.2 Å². The van der Waals surface area contributed by atoms with Gasteiger partial charge in [0.25, 0.3) is 5.91 Å². The van der Waals surface area contributed by atoms with Crippen LogP contribution in [0.3, 0.4) is 0 Å². The Morgan fingerprint density at radius 3 is 2.42 bits per heavy atom. The lowest BCUT2D eigenvalue weighted by atomic mass is 10.2. The van der Waals surface area contributed by atoms with Crippen LogP contribution in [0.4, 0.5) is 5.82 Å². The predicted molar refractivity (Wildman–Crippen MR) is 97.1 cm³/mol. The van der Waals surface area contributed by atoms with Crippen molar-refractivity contribution in [1.29, 1.82) is 0 Å². The summed E-state index contributed by atoms with van der Waals surface area (Å²) >= 11 is 3.31. The molecule has 0 saturated heterocycles. The first-order chi connectivity index (χ1) is 11.7. The number of ether oxygens (including phenoxy) is 1. The van der Waals surface area contributed by atoms with Gasteiger partial charge in [-0.1, -0.05) is 30.3 Å². The Morgan fingerprint density at radius 1 is 1.00 bits per heavy atom. The van der Waals surface area contributed by atoms with Gasteiger partial charge >= 0.3 is 0 Å². The number of nitrogens with zero attached hydrogens (tertiary/aromatic N) is 1. The third-order valence-corrected chi connectivity index (χ3v) is 3.80. The molecule has 1 N–H and O–H groups in total. The van der Waals surface area contributed by atoms with E-state index in [0.29, 0.717) is 18.0 Å². The van der Waals surface area contributed by atoms with Crippen LogP contribution in [0, 0.1) is 0 Å². The number of carbonyl (C=O) groups excluding carboxylic acids is 1. The van der Waals surface area contributed by atoms with Gasteiger partial charge in [0.05, 0.1) is 0 Å². The third-order valence-electron chi connectivity index (χ3n) is 3.33. The molecule has 2 aromatic carbocycles. The molecule has 0 aliphatic rings. The molecule has 1 aromatic heterocycles. The molecule has 0 radical (unpaired) electrons. The van der Waals surface area contributed by atoms with E-state index in [4.69, 9.17) is 4.74 Å². The highest BCUT2D eigenvalue weighted by molar-refractivity contribution is 9.10. The van der Waals surface area contributed by atoms with Gasteiger partial charge in [0.2, 0.25) is 0 Å². The Hall–Kier alpha value is -2.66. The summed E-state index contributed by atoms with van der Waals surface area (Å²) in [6.07, 6.45) is 1.64. The smallest absolute Gasteiger partial charge is 0.256 e. The lowest BCUT2D eigenvalue weighted by molar-refractivity contribution is 0.102. The molecule has 0 atom stereocenters. The fourth-order valence-corrected chi connectivity index (χ4v) is 2.32. The summed E-state index contributed by atoms with van der Waals surface area (Å²) in [5.41, 5.74) is 1.65. The van der Waals surface area contributed by atoms with Crippen molar-refractivity contribution in [3.05, 3.63) is 88.5 Å². The zero-order chi connectivity index (χ0) is 16.8. The Labute approximate surface area is 148 Å². The average molecular weight is 383 g/mol. The molecule has 120 valence electrons. The number of aromatic nitrogens is 1. The second-order valence-corrected chi connectivity index (χ2v) is 6.03. The van der Waals surface area contributed by atoms with Gasteiger partial charge in [0.1, 0.15) is 18.2 Å². The maximum atomic E-state index is 12.2. The van der Waals surface area contributed by atoms with Gasteiger partial charge in [-0.05, 0) is 57.9 Å². The fraction of sp³-hybridized carbons (Fsp3) is 0.0526. The minimum absolute atomic E-state index is 0.209. The van der Waals surface area contributed by atoms with Crippen LogP contribution in [0.2, 0.25) is 0 Å². The van der Waals surface area contributed by atoms with E-state index in [9.17, 15) is 4.79 Å². The zero-order valence-corrected chi connectivity index (χ0v) is 14.4. The van der Waals surface area contributed by atoms with Crippen molar-refractivity contribution in [2.75, 3.05) is 5.32 Å². The summed E-state index contributed by atoms with van der Waals surface area (Å²) in [4.78, 5) is 16.3. The Bertz CT molecular complexity index is 803. The minimum Gasteiger partial charge on any atom is -0.489 e. The van der Waals surface area contributed by atoms with Gasteiger partial charge in [-0.15, -0.1) is 0 Å². The van der Waals surface area contributed by atoms with Crippen LogP contribution in [0.5, 0.6) is 5.75 Å². The molecule has 3 rings (SSSR count). The number of pyridine rings is 1. The van der Waals surface area contributed by atoms with E-state index in [1.54, 1.807) is 36.5 Å². The summed E-state index contributed by atoms with van der Waals surface area (Å²) in [6, 6.07) is 20.5. The molecule has 0 bridgehead atoms. The first-order valence-electron chi connectivity index (χ1n) is 7.40. The molecule has 24 heavy (non-hydrogen) atoms. The number of carbonyl (C=O) groups is 1. The van der Waals surface area contributed by atoms with Crippen LogP contribution in [0.15, 0.2) is 77.4 Å². The molecule has 0 aliphatic carbocycles. The van der Waals surface area contributed by atoms with E-state index in [1.165, 1.54) is 0 Å². The van der Waals surface area contributed by atoms with Crippen LogP contribution < -0.4 is 10.1 Å². The summed E-state index contributed by atoms with van der Waals surface area (Å²) < 4.78 is 6.57. The zero-order valence-electron chi connectivity index (χ0n) is 12.8. The van der Waals surface area contributed by atoms with Crippen molar-refractivity contribution in [3.63, 3.8) is 0 Å². The second-order valence-electron chi connectivity index (χ2n) is 5.11. The maximum absolute atomic E-state index is 12.2. The van der Waals surface area contributed by atoms with Crippen molar-refractivity contribution >= 4 is 27.7 Å². The van der Waals surface area contributed by atoms with Gasteiger partial charge in [0.15, 0.2) is 0 Å². The molecule has 3 aromatic rings. The van der Waals surface area contributed by atoms with Gasteiger partial charge in [-0.2, -0.15) is 0 Å². The van der Waals surface area contributed by atoms with Crippen LogP contribution in [-0.2, 0) is 6.61 Å². The number of halogens is 1. The lowest BCUT2D eigenvalue weighted by Gasteiger charge is -2.08. The molecule has 0 unspecified atom stereocenters. The number of anilines is 1. The second kappa shape index (κ2) is 7.75. The molecular weight excluding hydrogens is 368 g/mol. The Kier molecular flexibility index (Phi) is 5.23. The molecule has 4 nitrogen and oxygen atoms in total. The Morgan fingerprint density at radius 2 is 1.75 bits per heavy atom. The summed E-state index contributed by atoms with van der Waals surface area (Å²) in [5, 5.41) is 2.75. The molecule has 1 amide bonds. The third kappa shape index (κ3) is 4.43. The van der Waals surface area contributed by atoms with Crippen LogP contribution in [0.1, 0.15) is 15.9 Å². The monoisotopic (exact) mass is 382 g/mol. The summed E-state index contributed by atoms with van der Waals surface area (Å²) in [6.45, 7) is 0.495. The fourth-order valence-electron chi connectivity index (χ4n) is 2.08. The minimum atomic E-state index is -0.209. The molecule has 0 aliphatic heterocycles. The number of rotatable bonds is 5. The summed E-state index contributed by atoms with van der Waals surface area (Å²) in [5.74, 6) is 1.02. The van der Waals surface area contributed by atoms with Crippen LogP contribution in [0.25, 0.3) is 0 Å². The molecule has 0 spiro atoms. The quantitative estimate of drug-likeness (QED) is 0.696. The molecule has 1 heterocycles. The Balaban J connectivity index is 1.59. The highest BCUT2D eigenvalue weighted by atomic mass is 79.9. The van der Waals surface area contributed by atoms with Crippen molar-refractivity contribution < 1.29 is 9.53 Å². The van der Waals surface area contributed by atoms with Crippen molar-refractivity contribution in [2.24, 2.45) is 0 Å². The van der Waals surface area contributed by atoms with Gasteiger partial charge < -0.3 is 10.1 Å². The van der Waals surface area contributed by atoms with Gasteiger partial charge in [0, 0.05) is 16.2 Å². The molecular formula is C19H15BrN2O2. The molecule has 5 heteroatoms. The number of nitrogens with one attached hydrogen (secondary N) is 1. The van der Waals surface area contributed by atoms with Crippen molar-refractivity contribution in [1.82, 2.24) is 4.98 Å². The highest BCUT2D eigenvalue weighted by Crippen LogP contribution is 2.16. The maximum Gasteiger partial charge on any atom is 0.256 e. The number of hydrogen-bond donors (Lipinski definition) is 1.